The number of nitrogens with zero attached hydrogens (tertiary/aromatic N) is 6. The molecule has 0 saturated carbocycles. The number of carbonyl (C=O) groups excluding carboxylic acids is 8. The maximum atomic E-state index is 14.3. The van der Waals surface area contributed by atoms with Crippen LogP contribution in [0.3, 0.4) is 0 Å². The first-order chi connectivity index (χ1) is 55.7. The summed E-state index contributed by atoms with van der Waals surface area (Å²) in [4.78, 5) is 116. The molecule has 28 heteroatoms. The van der Waals surface area contributed by atoms with Gasteiger partial charge in [-0.2, -0.15) is 0 Å². The first kappa shape index (κ1) is 94.6. The molecule has 6 aromatic carbocycles. The zero-order valence-corrected chi connectivity index (χ0v) is 69.7. The predicted molar refractivity (Wildman–Crippen MR) is 440 cm³/mol. The third kappa shape index (κ3) is 29.2. The zero-order chi connectivity index (χ0) is 86.9. The minimum atomic E-state index is -1.75. The number of halogens is 4. The van der Waals surface area contributed by atoms with Gasteiger partial charge < -0.3 is 64.9 Å². The Balaban J connectivity index is 0.000000258. The van der Waals surface area contributed by atoms with E-state index in [1.54, 1.807) is 82.6 Å². The third-order valence-corrected chi connectivity index (χ3v) is 19.3. The maximum absolute atomic E-state index is 14.3. The van der Waals surface area contributed by atoms with Crippen molar-refractivity contribution in [1.29, 1.82) is 0 Å². The van der Waals surface area contributed by atoms with Crippen molar-refractivity contribution in [2.45, 2.75) is 225 Å². The van der Waals surface area contributed by atoms with E-state index < -0.39 is 137 Å². The highest BCUT2D eigenvalue weighted by atomic mass is 19.1. The number of ether oxygens (including phenoxy) is 3. The number of aryl methyl sites for hydroxylation is 1. The summed E-state index contributed by atoms with van der Waals surface area (Å²) in [5.74, 6) is -5.39. The van der Waals surface area contributed by atoms with E-state index in [0.29, 0.717) is 55.9 Å². The fraction of sp³-hybridized carbons (Fsp3) is 0.467. The Morgan fingerprint density at radius 2 is 1.00 bits per heavy atom. The van der Waals surface area contributed by atoms with Crippen LogP contribution in [0.1, 0.15) is 162 Å². The predicted octanol–water partition coefficient (Wildman–Crippen LogP) is 11.9. The molecule has 7 N–H and O–H groups in total. The number of rotatable bonds is 29. The molecular weight excluding hydrogens is 1520 g/mol. The van der Waals surface area contributed by atoms with Crippen molar-refractivity contribution in [1.82, 2.24) is 45.3 Å². The fourth-order valence-electron chi connectivity index (χ4n) is 14.3. The maximum Gasteiger partial charge on any atom is 0.411 e. The molecule has 0 radical (unpaired) electrons. The number of aliphatic hydroxyl groups is 4. The molecule has 0 aliphatic carbocycles. The summed E-state index contributed by atoms with van der Waals surface area (Å²) in [6.07, 6.45) is -1.32. The zero-order valence-electron chi connectivity index (χ0n) is 69.7. The van der Waals surface area contributed by atoms with Gasteiger partial charge in [0.05, 0.1) is 43.0 Å². The summed E-state index contributed by atoms with van der Waals surface area (Å²) in [5.41, 5.74) is 1.69. The van der Waals surface area contributed by atoms with Gasteiger partial charge in [-0.3, -0.25) is 39.1 Å². The molecule has 3 fully saturated rings. The van der Waals surface area contributed by atoms with Gasteiger partial charge in [-0.15, -0.1) is 13.2 Å². The van der Waals surface area contributed by atoms with E-state index in [2.05, 4.69) is 29.1 Å². The number of hydrogen-bond acceptors (Lipinski definition) is 16. The molecule has 3 heterocycles. The van der Waals surface area contributed by atoms with Crippen LogP contribution in [0.2, 0.25) is 0 Å². The summed E-state index contributed by atoms with van der Waals surface area (Å²) >= 11 is 0. The molecule has 2 unspecified atom stereocenters. The molecule has 0 bridgehead atoms. The second-order valence-corrected chi connectivity index (χ2v) is 33.0. The molecule has 6 aromatic rings. The van der Waals surface area contributed by atoms with Gasteiger partial charge in [-0.25, -0.2) is 31.9 Å². The van der Waals surface area contributed by atoms with Crippen molar-refractivity contribution in [3.63, 3.8) is 0 Å². The molecule has 3 saturated heterocycles. The van der Waals surface area contributed by atoms with E-state index in [-0.39, 0.29) is 93.0 Å². The Labute approximate surface area is 690 Å². The van der Waals surface area contributed by atoms with Gasteiger partial charge in [0.15, 0.2) is 0 Å². The normalized spacial score (nSPS) is 18.4. The van der Waals surface area contributed by atoms with Crippen molar-refractivity contribution in [2.75, 3.05) is 45.9 Å². The minimum absolute atomic E-state index is 0.0419. The summed E-state index contributed by atoms with van der Waals surface area (Å²) < 4.78 is 73.4. The second kappa shape index (κ2) is 43.8. The Morgan fingerprint density at radius 3 is 1.47 bits per heavy atom. The van der Waals surface area contributed by atoms with Gasteiger partial charge in [-0.1, -0.05) is 117 Å². The van der Waals surface area contributed by atoms with E-state index in [1.165, 1.54) is 25.7 Å². The lowest BCUT2D eigenvalue weighted by Gasteiger charge is -2.48. The van der Waals surface area contributed by atoms with E-state index in [9.17, 15) is 76.3 Å². The van der Waals surface area contributed by atoms with Gasteiger partial charge in [0.25, 0.3) is 11.8 Å². The Bertz CT molecular complexity index is 4310. The van der Waals surface area contributed by atoms with Gasteiger partial charge in [0.2, 0.25) is 17.7 Å². The number of nitrogens with one attached hydrogen (secondary N) is 3. The summed E-state index contributed by atoms with van der Waals surface area (Å²) in [5, 5.41) is 52.1. The molecule has 118 heavy (non-hydrogen) atoms. The Kier molecular flexibility index (Phi) is 35.1. The second-order valence-electron chi connectivity index (χ2n) is 33.0. The third-order valence-electron chi connectivity index (χ3n) is 19.3. The van der Waals surface area contributed by atoms with Crippen molar-refractivity contribution in [3.8, 4) is 0 Å². The number of alkyl carbamates (subject to hydrolysis) is 1. The van der Waals surface area contributed by atoms with Gasteiger partial charge in [0, 0.05) is 81.7 Å². The number of amides is 8. The van der Waals surface area contributed by atoms with Crippen LogP contribution >= 0.6 is 0 Å². The van der Waals surface area contributed by atoms with E-state index >= 15 is 0 Å². The SMILES string of the molecule is C=CC[C@H]1CN(Cc2ccccc2)C(=O)CN1C(=O)OC(C)(C)C.C=CC[C@H]1CN(Cc2ccccc2)C(=O)[C@H]([C@@H](O)[C@H](Cc2cc(F)cc(F)c2)NC(=O)OC(C)(C)C)N1C(=O)OC(C)(C)C.CCCN(CCC)C(=O)c1cc(C)cc(C(=O)N[C@@H](Cc2cc(F)cc(F)c2)[C@H](O)C2N[C@@H](CC(O)CO)CN(Cc3ccccc3)C2=O)c1. The molecule has 3 aliphatic rings. The highest BCUT2D eigenvalue weighted by Crippen LogP contribution is 2.31. The molecule has 3 aliphatic heterocycles. The van der Waals surface area contributed by atoms with E-state index in [0.717, 1.165) is 53.8 Å². The molecular formula is C90H117F4N9O15. The smallest absolute Gasteiger partial charge is 0.411 e. The summed E-state index contributed by atoms with van der Waals surface area (Å²) in [6, 6.07) is 32.1. The average Bonchev–Trinajstić information content (AvgIpc) is 0.764. The molecule has 24 nitrogen and oxygen atoms in total. The molecule has 10 atom stereocenters. The highest BCUT2D eigenvalue weighted by Gasteiger charge is 2.51. The van der Waals surface area contributed by atoms with E-state index in [1.807, 2.05) is 126 Å². The Hall–Kier alpha value is -10.5. The summed E-state index contributed by atoms with van der Waals surface area (Å²) in [6.45, 7) is 31.1. The molecule has 640 valence electrons. The number of benzene rings is 6. The number of piperazine rings is 3. The number of aliphatic hydroxyl groups excluding tert-OH is 4. The molecule has 8 amide bonds. The van der Waals surface area contributed by atoms with Crippen LogP contribution in [0.5, 0.6) is 0 Å². The van der Waals surface area contributed by atoms with Crippen molar-refractivity contribution < 1.29 is 90.6 Å². The summed E-state index contributed by atoms with van der Waals surface area (Å²) in [7, 11) is 0. The average molecular weight is 1640 g/mol. The molecule has 0 aromatic heterocycles. The monoisotopic (exact) mass is 1640 g/mol. The van der Waals surface area contributed by atoms with Gasteiger partial charge in [-0.05, 0) is 190 Å². The van der Waals surface area contributed by atoms with E-state index in [4.69, 9.17) is 14.2 Å². The van der Waals surface area contributed by atoms with Crippen molar-refractivity contribution in [3.05, 3.63) is 239 Å². The van der Waals surface area contributed by atoms with Crippen LogP contribution < -0.4 is 16.0 Å². The minimum Gasteiger partial charge on any atom is -0.444 e. The first-order valence-corrected chi connectivity index (χ1v) is 39.9. The van der Waals surface area contributed by atoms with Crippen LogP contribution in [-0.2, 0) is 61.1 Å². The lowest BCUT2D eigenvalue weighted by atomic mass is 9.91. The number of hydrogen-bond donors (Lipinski definition) is 7. The topological polar surface area (TPSA) is 301 Å². The van der Waals surface area contributed by atoms with Crippen molar-refractivity contribution in [2.24, 2.45) is 0 Å². The largest absolute Gasteiger partial charge is 0.444 e. The lowest BCUT2D eigenvalue weighted by molar-refractivity contribution is -0.152. The quantitative estimate of drug-likeness (QED) is 0.0130. The van der Waals surface area contributed by atoms with Crippen molar-refractivity contribution >= 4 is 47.8 Å². The van der Waals surface area contributed by atoms with Gasteiger partial charge in [0.1, 0.15) is 64.8 Å². The van der Waals surface area contributed by atoms with Crippen LogP contribution in [0, 0.1) is 30.2 Å². The number of carbonyl (C=O) groups is 8. The Morgan fingerprint density at radius 1 is 0.559 bits per heavy atom. The lowest BCUT2D eigenvalue weighted by Crippen LogP contribution is -2.69. The van der Waals surface area contributed by atoms with Gasteiger partial charge >= 0.3 is 18.3 Å². The van der Waals surface area contributed by atoms with Crippen LogP contribution in [0.4, 0.5) is 31.9 Å². The standard InChI is InChI=1S/C38H48F2N4O6.C33H43F2N3O6.C19H26N2O3/c1-4-11-43(12-5-2)37(49)28-14-24(3)13-27(18-28)36(48)42-33(17-26-15-29(39)19-30(40)16-26)35(47)34-38(50)44(21-25-9-7-6-8-10-25)22-31(41-34)20-32(46)23-45;1-8-12-25-20-37(19-21-13-10-9-11-14-21)29(40)27(38(25)31(42)44-33(5,6)7)28(39)26(36-30(41)43-32(2,3)4)17-22-15-23(34)18-24(35)16-22;1-5-9-16-13-20(12-15-10-7-6-8-11-15)17(22)14-21(16)18(23)24-19(2,3)4/h6-10,13-16,18-19,31-35,41,45-47H,4-5,11-12,17,20-23H2,1-3H3,(H,42,48);8-11,13-16,18,25-28,39H,1,12,17,19-20H2,2-7H3,(H,36,41);5-8,10-11,16H,1,9,12-14H2,2-4H3/t31-,32?,33-,34?,35-;25-,26-,27-,28-;16-/m000/s1. The van der Waals surface area contributed by atoms with Crippen LogP contribution in [0.15, 0.2) is 171 Å². The highest BCUT2D eigenvalue weighted by molar-refractivity contribution is 6.00. The fourth-order valence-corrected chi connectivity index (χ4v) is 14.3. The molecule has 0 spiro atoms. The van der Waals surface area contributed by atoms with Crippen LogP contribution in [0.25, 0.3) is 0 Å². The molecule has 9 rings (SSSR count). The first-order valence-electron chi connectivity index (χ1n) is 39.9. The van der Waals surface area contributed by atoms with Crippen LogP contribution in [-0.4, -0.2) is 221 Å².